The van der Waals surface area contributed by atoms with Crippen molar-refractivity contribution in [3.05, 3.63) is 51.1 Å². The minimum Gasteiger partial charge on any atom is -0.493 e. The average Bonchev–Trinajstić information content (AvgIpc) is 2.93. The van der Waals surface area contributed by atoms with Gasteiger partial charge >= 0.3 is 0 Å². The van der Waals surface area contributed by atoms with Gasteiger partial charge in [-0.2, -0.15) is 0 Å². The number of nitrogens with zero attached hydrogens (tertiary/aromatic N) is 1. The minimum absolute atomic E-state index is 0.0465. The van der Waals surface area contributed by atoms with Gasteiger partial charge in [-0.1, -0.05) is 30.0 Å². The number of hydrogen-bond acceptors (Lipinski definition) is 5. The van der Waals surface area contributed by atoms with E-state index in [0.29, 0.717) is 17.1 Å². The molecule has 1 N–H and O–H groups in total. The van der Waals surface area contributed by atoms with Crippen molar-refractivity contribution in [2.75, 3.05) is 12.4 Å². The van der Waals surface area contributed by atoms with E-state index in [1.807, 2.05) is 31.2 Å². The van der Waals surface area contributed by atoms with Gasteiger partial charge in [0.25, 0.3) is 5.56 Å². The van der Waals surface area contributed by atoms with E-state index in [0.717, 1.165) is 39.6 Å². The first-order valence-electron chi connectivity index (χ1n) is 7.95. The van der Waals surface area contributed by atoms with E-state index in [1.54, 1.807) is 23.1 Å². The number of hydrogen-bond donors (Lipinski definition) is 1. The Morgan fingerprint density at radius 3 is 2.92 bits per heavy atom. The normalized spacial score (nSPS) is 11.1. The molecule has 3 rings (SSSR count). The SMILES string of the molecule is Cc1cc2c(=O)[nH]c(SCCCCOc3ccccc3C)nc2s1. The fourth-order valence-electron chi connectivity index (χ4n) is 2.37. The number of aryl methyl sites for hydroxylation is 2. The number of benzene rings is 1. The third-order valence-corrected chi connectivity index (χ3v) is 5.54. The molecule has 0 atom stereocenters. The molecule has 0 amide bonds. The van der Waals surface area contributed by atoms with Crippen LogP contribution >= 0.6 is 23.1 Å². The number of nitrogens with one attached hydrogen (secondary N) is 1. The maximum Gasteiger partial charge on any atom is 0.260 e. The number of unbranched alkanes of at least 4 members (excludes halogenated alkanes) is 1. The molecule has 6 heteroatoms. The van der Waals surface area contributed by atoms with Crippen LogP contribution in [0.4, 0.5) is 0 Å². The van der Waals surface area contributed by atoms with Crippen molar-refractivity contribution in [1.82, 2.24) is 9.97 Å². The number of thiophene rings is 1. The molecule has 0 radical (unpaired) electrons. The topological polar surface area (TPSA) is 55.0 Å². The van der Waals surface area contributed by atoms with Gasteiger partial charge < -0.3 is 9.72 Å². The van der Waals surface area contributed by atoms with Gasteiger partial charge in [0.15, 0.2) is 5.16 Å². The lowest BCUT2D eigenvalue weighted by Crippen LogP contribution is -2.07. The van der Waals surface area contributed by atoms with Crippen LogP contribution in [0, 0.1) is 13.8 Å². The van der Waals surface area contributed by atoms with Gasteiger partial charge in [0.1, 0.15) is 10.6 Å². The third-order valence-electron chi connectivity index (χ3n) is 3.63. The molecule has 0 spiro atoms. The Morgan fingerprint density at radius 2 is 2.08 bits per heavy atom. The summed E-state index contributed by atoms with van der Waals surface area (Å²) >= 11 is 3.15. The van der Waals surface area contributed by atoms with E-state index in [9.17, 15) is 4.79 Å². The lowest BCUT2D eigenvalue weighted by molar-refractivity contribution is 0.308. The standard InChI is InChI=1S/C18H20N2O2S2/c1-12-7-3-4-8-15(12)22-9-5-6-10-23-18-19-16(21)14-11-13(2)24-17(14)20-18/h3-4,7-8,11H,5-6,9-10H2,1-2H3,(H,19,20,21). The van der Waals surface area contributed by atoms with Crippen molar-refractivity contribution in [3.63, 3.8) is 0 Å². The largest absolute Gasteiger partial charge is 0.493 e. The second-order valence-electron chi connectivity index (χ2n) is 5.62. The number of H-pyrrole nitrogens is 1. The number of aromatic amines is 1. The molecular weight excluding hydrogens is 340 g/mol. The van der Waals surface area contributed by atoms with E-state index < -0.39 is 0 Å². The highest BCUT2D eigenvalue weighted by atomic mass is 32.2. The van der Waals surface area contributed by atoms with E-state index in [2.05, 4.69) is 23.0 Å². The Labute approximate surface area is 149 Å². The zero-order valence-electron chi connectivity index (χ0n) is 13.8. The highest BCUT2D eigenvalue weighted by Gasteiger charge is 2.07. The lowest BCUT2D eigenvalue weighted by atomic mass is 10.2. The average molecular weight is 361 g/mol. The summed E-state index contributed by atoms with van der Waals surface area (Å²) in [7, 11) is 0. The molecule has 1 aromatic carbocycles. The second-order valence-corrected chi connectivity index (χ2v) is 7.93. The first-order valence-corrected chi connectivity index (χ1v) is 9.75. The molecule has 0 saturated carbocycles. The highest BCUT2D eigenvalue weighted by Crippen LogP contribution is 2.23. The van der Waals surface area contributed by atoms with Crippen molar-refractivity contribution in [2.45, 2.75) is 31.8 Å². The molecule has 0 aliphatic carbocycles. The molecular formula is C18H20N2O2S2. The monoisotopic (exact) mass is 360 g/mol. The summed E-state index contributed by atoms with van der Waals surface area (Å²) in [4.78, 5) is 21.3. The van der Waals surface area contributed by atoms with E-state index in [4.69, 9.17) is 4.74 Å². The highest BCUT2D eigenvalue weighted by molar-refractivity contribution is 7.99. The Bertz CT molecular complexity index is 886. The predicted molar refractivity (Wildman–Crippen MR) is 102 cm³/mol. The number of rotatable bonds is 7. The number of thioether (sulfide) groups is 1. The van der Waals surface area contributed by atoms with Gasteiger partial charge in [0.2, 0.25) is 0 Å². The molecule has 0 aliphatic heterocycles. The lowest BCUT2D eigenvalue weighted by Gasteiger charge is -2.08. The van der Waals surface area contributed by atoms with Crippen LogP contribution < -0.4 is 10.3 Å². The van der Waals surface area contributed by atoms with Crippen LogP contribution in [0.5, 0.6) is 5.75 Å². The van der Waals surface area contributed by atoms with Crippen LogP contribution in [0.15, 0.2) is 40.3 Å². The van der Waals surface area contributed by atoms with Crippen LogP contribution in [-0.2, 0) is 0 Å². The fourth-order valence-corrected chi connectivity index (χ4v) is 4.17. The molecule has 0 saturated heterocycles. The molecule has 0 fully saturated rings. The Morgan fingerprint density at radius 1 is 1.25 bits per heavy atom. The van der Waals surface area contributed by atoms with Crippen molar-refractivity contribution in [2.24, 2.45) is 0 Å². The second kappa shape index (κ2) is 7.85. The van der Waals surface area contributed by atoms with Gasteiger partial charge in [-0.25, -0.2) is 4.98 Å². The maximum atomic E-state index is 12.0. The molecule has 0 unspecified atom stereocenters. The Hall–Kier alpha value is -1.79. The van der Waals surface area contributed by atoms with Gasteiger partial charge in [-0.15, -0.1) is 11.3 Å². The molecule has 2 heterocycles. The summed E-state index contributed by atoms with van der Waals surface area (Å²) in [6.07, 6.45) is 1.99. The van der Waals surface area contributed by atoms with E-state index >= 15 is 0 Å². The van der Waals surface area contributed by atoms with E-state index in [1.165, 1.54) is 0 Å². The Balaban J connectivity index is 1.45. The van der Waals surface area contributed by atoms with Gasteiger partial charge in [-0.05, 0) is 44.4 Å². The maximum absolute atomic E-state index is 12.0. The fraction of sp³-hybridized carbons (Fsp3) is 0.333. The van der Waals surface area contributed by atoms with Crippen LogP contribution in [-0.4, -0.2) is 22.3 Å². The summed E-state index contributed by atoms with van der Waals surface area (Å²) in [5, 5.41) is 1.39. The van der Waals surface area contributed by atoms with Crippen LogP contribution in [0.3, 0.4) is 0 Å². The summed E-state index contributed by atoms with van der Waals surface area (Å²) in [6, 6.07) is 9.94. The van der Waals surface area contributed by atoms with E-state index in [-0.39, 0.29) is 5.56 Å². The Kier molecular flexibility index (Phi) is 5.58. The summed E-state index contributed by atoms with van der Waals surface area (Å²) in [5.41, 5.74) is 1.11. The summed E-state index contributed by atoms with van der Waals surface area (Å²) in [6.45, 7) is 4.75. The predicted octanol–water partition coefficient (Wildman–Crippen LogP) is 4.55. The number of ether oxygens (including phenoxy) is 1. The number of para-hydroxylation sites is 1. The van der Waals surface area contributed by atoms with Crippen LogP contribution in [0.2, 0.25) is 0 Å². The molecule has 0 bridgehead atoms. The molecule has 126 valence electrons. The van der Waals surface area contributed by atoms with Gasteiger partial charge in [0, 0.05) is 10.6 Å². The van der Waals surface area contributed by atoms with Crippen LogP contribution in [0.25, 0.3) is 10.2 Å². The van der Waals surface area contributed by atoms with Crippen LogP contribution in [0.1, 0.15) is 23.3 Å². The van der Waals surface area contributed by atoms with Crippen molar-refractivity contribution in [1.29, 1.82) is 0 Å². The molecule has 24 heavy (non-hydrogen) atoms. The summed E-state index contributed by atoms with van der Waals surface area (Å²) in [5.74, 6) is 1.87. The molecule has 2 aromatic heterocycles. The third kappa shape index (κ3) is 4.19. The smallest absolute Gasteiger partial charge is 0.260 e. The van der Waals surface area contributed by atoms with Crippen molar-refractivity contribution < 1.29 is 4.74 Å². The summed E-state index contributed by atoms with van der Waals surface area (Å²) < 4.78 is 5.79. The van der Waals surface area contributed by atoms with Gasteiger partial charge in [0.05, 0.1) is 12.0 Å². The molecule has 3 aromatic rings. The quantitative estimate of drug-likeness (QED) is 0.381. The number of fused-ring (bicyclic) bond motifs is 1. The number of aromatic nitrogens is 2. The van der Waals surface area contributed by atoms with Crippen molar-refractivity contribution >= 4 is 33.3 Å². The van der Waals surface area contributed by atoms with Crippen molar-refractivity contribution in [3.8, 4) is 5.75 Å². The first kappa shape index (κ1) is 17.0. The minimum atomic E-state index is -0.0465. The van der Waals surface area contributed by atoms with Gasteiger partial charge in [-0.3, -0.25) is 4.79 Å². The first-order chi connectivity index (χ1) is 11.6. The molecule has 0 aliphatic rings. The zero-order chi connectivity index (χ0) is 16.9. The molecule has 4 nitrogen and oxygen atoms in total. The zero-order valence-corrected chi connectivity index (χ0v) is 15.4.